The van der Waals surface area contributed by atoms with Gasteiger partial charge in [-0.2, -0.15) is 0 Å². The van der Waals surface area contributed by atoms with Crippen molar-refractivity contribution in [2.45, 2.75) is 4.90 Å². The smallest absolute Gasteiger partial charge is 0.345 e. The van der Waals surface area contributed by atoms with Crippen molar-refractivity contribution in [1.82, 2.24) is 0 Å². The number of hydrogen-bond donors (Lipinski definition) is 0. The first kappa shape index (κ1) is 22.7. The number of esters is 1. The molecule has 2 aromatic carbocycles. The summed E-state index contributed by atoms with van der Waals surface area (Å²) in [5, 5.41) is 0. The van der Waals surface area contributed by atoms with Crippen molar-refractivity contribution in [2.24, 2.45) is 0 Å². The second-order valence-electron chi connectivity index (χ2n) is 4.40. The lowest BCUT2D eigenvalue weighted by atomic mass is 10.2. The van der Waals surface area contributed by atoms with Gasteiger partial charge in [0.15, 0.2) is 5.75 Å². The van der Waals surface area contributed by atoms with Gasteiger partial charge in [0.05, 0.1) is 17.6 Å². The molecule has 0 amide bonds. The van der Waals surface area contributed by atoms with E-state index in [-0.39, 0.29) is 18.5 Å². The van der Waals surface area contributed by atoms with Crippen LogP contribution in [0.1, 0.15) is 10.4 Å². The molecule has 0 aromatic heterocycles. The third-order valence-corrected chi connectivity index (χ3v) is 8.79. The van der Waals surface area contributed by atoms with Gasteiger partial charge < -0.3 is 9.29 Å². The first-order valence-corrected chi connectivity index (χ1v) is 13.0. The van der Waals surface area contributed by atoms with Crippen molar-refractivity contribution in [3.63, 3.8) is 0 Å². The third kappa shape index (κ3) is 5.29. The molecule has 12 heteroatoms. The number of ether oxygens (including phenoxy) is 1. The van der Waals surface area contributed by atoms with E-state index < -0.39 is 21.0 Å². The van der Waals surface area contributed by atoms with Gasteiger partial charge >= 0.3 is 5.97 Å². The molecule has 0 aliphatic rings. The van der Waals surface area contributed by atoms with Crippen LogP contribution in [0.15, 0.2) is 36.5 Å². The maximum Gasteiger partial charge on any atom is 0.345 e. The van der Waals surface area contributed by atoms with E-state index >= 15 is 0 Å². The topological polar surface area (TPSA) is 83.5 Å². The average molecular weight is 892 g/mol. The van der Waals surface area contributed by atoms with Crippen LogP contribution in [0.2, 0.25) is 0 Å². The van der Waals surface area contributed by atoms with E-state index in [0.29, 0.717) is 12.5 Å². The highest BCUT2D eigenvalue weighted by molar-refractivity contribution is 14.1. The number of benzene rings is 2. The van der Waals surface area contributed by atoms with E-state index in [1.54, 1.807) is 57.3 Å². The Labute approximate surface area is 209 Å². The van der Waals surface area contributed by atoms with Gasteiger partial charge in [0.2, 0.25) is 0 Å². The van der Waals surface area contributed by atoms with Gasteiger partial charge in [0.25, 0.3) is 0 Å². The normalized spacial score (nSPS) is 11.5. The zero-order chi connectivity index (χ0) is 19.1. The van der Waals surface area contributed by atoms with E-state index in [0.717, 1.165) is 4.47 Å². The van der Waals surface area contributed by atoms with Crippen LogP contribution in [-0.4, -0.2) is 18.9 Å². The Morgan fingerprint density at radius 3 is 2.00 bits per heavy atom. The van der Waals surface area contributed by atoms with Crippen LogP contribution < -0.4 is 4.74 Å². The van der Waals surface area contributed by atoms with Gasteiger partial charge in [-0.1, -0.05) is 15.9 Å². The first-order chi connectivity index (χ1) is 11.4. The summed E-state index contributed by atoms with van der Waals surface area (Å²) in [7, 11) is -4.71. The Kier molecular flexibility index (Phi) is 8.05. The van der Waals surface area contributed by atoms with Crippen LogP contribution in [0.4, 0.5) is 0 Å². The van der Waals surface area contributed by atoms with Crippen molar-refractivity contribution < 1.29 is 22.5 Å². The highest BCUT2D eigenvalue weighted by Gasteiger charge is 2.24. The fourth-order valence-corrected chi connectivity index (χ4v) is 10.2. The van der Waals surface area contributed by atoms with Crippen LogP contribution in [0.25, 0.3) is 0 Å². The average Bonchev–Trinajstić information content (AvgIpc) is 2.40. The summed E-state index contributed by atoms with van der Waals surface area (Å²) >= 11 is 15.3. The zero-order valence-electron chi connectivity index (χ0n) is 11.4. The number of carbonyl (C=O) groups is 1. The molecule has 0 aliphatic heterocycles. The largest absolute Gasteiger partial charge is 0.744 e. The predicted molar refractivity (Wildman–Crippen MR) is 127 cm³/mol. The summed E-state index contributed by atoms with van der Waals surface area (Å²) < 4.78 is 42.5. The lowest BCUT2D eigenvalue weighted by Crippen LogP contribution is -2.14. The maximum absolute atomic E-state index is 12.6. The van der Waals surface area contributed by atoms with E-state index in [1.165, 1.54) is 6.07 Å². The molecule has 0 saturated carbocycles. The molecule has 0 N–H and O–H groups in total. The second kappa shape index (κ2) is 8.86. The predicted octanol–water partition coefficient (Wildman–Crippen LogP) is 5.91. The zero-order valence-corrected chi connectivity index (χ0v) is 23.5. The van der Waals surface area contributed by atoms with Crippen molar-refractivity contribution >= 4 is 132 Å². The minimum Gasteiger partial charge on any atom is -0.744 e. The van der Waals surface area contributed by atoms with Crippen LogP contribution >= 0.6 is 116 Å². The van der Waals surface area contributed by atoms with Gasteiger partial charge in [-0.15, -0.1) is 0 Å². The van der Waals surface area contributed by atoms with E-state index in [4.69, 9.17) is 4.74 Å². The molecule has 0 atom stereocenters. The molecule has 0 spiro atoms. The number of carbonyl (C=O) groups excluding carboxylic acids is 1. The molecule has 25 heavy (non-hydrogen) atoms. The van der Waals surface area contributed by atoms with Gasteiger partial charge in [-0.25, -0.2) is 13.2 Å². The first-order valence-electron chi connectivity index (χ1n) is 5.93. The SMILES string of the molecule is O=C(Oc1c(I)cc(I)c(S(=O)(=O)[O-])c1I)c1c(Br)cc(Br)cc1Br. The molecule has 0 fully saturated rings. The van der Waals surface area contributed by atoms with E-state index in [9.17, 15) is 17.8 Å². The molecule has 0 bridgehead atoms. The lowest BCUT2D eigenvalue weighted by molar-refractivity contribution is 0.0729. The molecular weight excluding hydrogens is 889 g/mol. The highest BCUT2D eigenvalue weighted by Crippen LogP contribution is 2.37. The summed E-state index contributed by atoms with van der Waals surface area (Å²) in [5.41, 5.74) is 0.236. The molecule has 134 valence electrons. The fraction of sp³-hybridized carbons (Fsp3) is 0. The van der Waals surface area contributed by atoms with Crippen molar-refractivity contribution in [1.29, 1.82) is 0 Å². The fourth-order valence-electron chi connectivity index (χ4n) is 1.76. The van der Waals surface area contributed by atoms with E-state index in [1.807, 2.05) is 22.6 Å². The van der Waals surface area contributed by atoms with Crippen LogP contribution in [0.3, 0.4) is 0 Å². The van der Waals surface area contributed by atoms with Crippen molar-refractivity contribution in [3.8, 4) is 5.75 Å². The summed E-state index contributed by atoms with van der Waals surface area (Å²) in [4.78, 5) is 12.2. The highest BCUT2D eigenvalue weighted by atomic mass is 127. The number of hydrogen-bond acceptors (Lipinski definition) is 5. The Hall–Kier alpha value is 1.45. The van der Waals surface area contributed by atoms with Crippen molar-refractivity contribution in [2.75, 3.05) is 0 Å². The summed E-state index contributed by atoms with van der Waals surface area (Å²) in [6.45, 7) is 0. The molecule has 0 heterocycles. The number of rotatable bonds is 3. The summed E-state index contributed by atoms with van der Waals surface area (Å²) in [6.07, 6.45) is 0. The quantitative estimate of drug-likeness (QED) is 0.166. The minimum atomic E-state index is -4.71. The Morgan fingerprint density at radius 1 is 1.00 bits per heavy atom. The molecular formula is C13H3Br3I3O5S-. The second-order valence-corrected chi connectivity index (χ2v) is 11.7. The molecule has 0 aliphatic carbocycles. The van der Waals surface area contributed by atoms with Gasteiger partial charge in [0, 0.05) is 17.0 Å². The molecule has 0 unspecified atom stereocenters. The van der Waals surface area contributed by atoms with Crippen LogP contribution in [0.5, 0.6) is 5.75 Å². The summed E-state index contributed by atoms with van der Waals surface area (Å²) in [5.74, 6) is -0.666. The Balaban J connectivity index is 2.57. The monoisotopic (exact) mass is 888 g/mol. The molecule has 2 rings (SSSR count). The molecule has 0 saturated heterocycles. The summed E-state index contributed by atoms with van der Waals surface area (Å²) in [6, 6.07) is 4.83. The standard InChI is InChI=1S/C13H4Br3I3O5S/c14-4-1-5(15)9(6(16)2-4)13(20)24-11-7(17)3-8(18)12(10(11)19)25(21,22)23/h1-3H,(H,21,22,23)/p-1. The van der Waals surface area contributed by atoms with Gasteiger partial charge in [-0.3, -0.25) is 0 Å². The van der Waals surface area contributed by atoms with Crippen LogP contribution in [0, 0.1) is 10.7 Å². The van der Waals surface area contributed by atoms with Gasteiger partial charge in [0.1, 0.15) is 10.1 Å². The Bertz CT molecular complexity index is 972. The van der Waals surface area contributed by atoms with Crippen LogP contribution in [-0.2, 0) is 10.1 Å². The lowest BCUT2D eigenvalue weighted by Gasteiger charge is -2.17. The van der Waals surface area contributed by atoms with Gasteiger partial charge in [-0.05, 0) is 118 Å². The maximum atomic E-state index is 12.6. The number of halogens is 6. The minimum absolute atomic E-state index is 0.0303. The van der Waals surface area contributed by atoms with E-state index in [2.05, 4.69) is 47.8 Å². The molecule has 5 nitrogen and oxygen atoms in total. The third-order valence-electron chi connectivity index (χ3n) is 2.74. The molecule has 2 aromatic rings. The molecule has 0 radical (unpaired) electrons. The van der Waals surface area contributed by atoms with Crippen molar-refractivity contribution in [3.05, 3.63) is 47.9 Å². The Morgan fingerprint density at radius 2 is 1.52 bits per heavy atom.